The lowest BCUT2D eigenvalue weighted by Gasteiger charge is -2.36. The van der Waals surface area contributed by atoms with E-state index >= 15 is 0 Å². The van der Waals surface area contributed by atoms with Crippen molar-refractivity contribution in [2.45, 2.75) is 31.9 Å². The third-order valence-corrected chi connectivity index (χ3v) is 3.56. The Kier molecular flexibility index (Phi) is 5.72. The molecule has 2 unspecified atom stereocenters. The highest BCUT2D eigenvalue weighted by atomic mass is 16.5. The van der Waals surface area contributed by atoms with Gasteiger partial charge in [0.2, 0.25) is 0 Å². The molecule has 0 radical (unpaired) electrons. The lowest BCUT2D eigenvalue weighted by atomic mass is 10.0. The van der Waals surface area contributed by atoms with Crippen LogP contribution in [0.3, 0.4) is 0 Å². The summed E-state index contributed by atoms with van der Waals surface area (Å²) in [6, 6.07) is 4.15. The van der Waals surface area contributed by atoms with E-state index in [0.717, 1.165) is 32.7 Å². The van der Waals surface area contributed by atoms with Crippen LogP contribution in [0.2, 0.25) is 0 Å². The van der Waals surface area contributed by atoms with Gasteiger partial charge in [0.25, 0.3) is 0 Å². The molecule has 1 aromatic rings. The third kappa shape index (κ3) is 4.24. The molecule has 1 aromatic heterocycles. The first-order valence-corrected chi connectivity index (χ1v) is 7.02. The lowest BCUT2D eigenvalue weighted by molar-refractivity contribution is -0.0462. The monoisotopic (exact) mass is 264 g/mol. The number of nitrogens with one attached hydrogen (secondary N) is 1. The third-order valence-electron chi connectivity index (χ3n) is 3.56. The van der Waals surface area contributed by atoms with E-state index in [-0.39, 0.29) is 12.1 Å². The Morgan fingerprint density at radius 3 is 3.21 bits per heavy atom. The van der Waals surface area contributed by atoms with Gasteiger partial charge in [-0.3, -0.25) is 21.2 Å². The molecule has 1 aliphatic heterocycles. The maximum absolute atomic E-state index is 5.88. The Labute approximate surface area is 115 Å². The molecule has 2 atom stereocenters. The van der Waals surface area contributed by atoms with Crippen LogP contribution in [-0.4, -0.2) is 48.3 Å². The van der Waals surface area contributed by atoms with Crippen molar-refractivity contribution in [2.24, 2.45) is 5.84 Å². The summed E-state index contributed by atoms with van der Waals surface area (Å²) >= 11 is 0. The van der Waals surface area contributed by atoms with Gasteiger partial charge in [-0.25, -0.2) is 0 Å². The summed E-state index contributed by atoms with van der Waals surface area (Å²) in [5, 5.41) is 0. The van der Waals surface area contributed by atoms with Crippen molar-refractivity contribution in [2.75, 3.05) is 26.2 Å². The number of pyridine rings is 1. The van der Waals surface area contributed by atoms with Crippen LogP contribution in [0.5, 0.6) is 0 Å². The number of ether oxygens (including phenoxy) is 1. The molecule has 0 amide bonds. The lowest BCUT2D eigenvalue weighted by Crippen LogP contribution is -2.54. The van der Waals surface area contributed by atoms with E-state index in [1.165, 1.54) is 12.0 Å². The van der Waals surface area contributed by atoms with Gasteiger partial charge in [0.1, 0.15) is 0 Å². The highest BCUT2D eigenvalue weighted by molar-refractivity contribution is 5.11. The molecule has 5 heteroatoms. The zero-order valence-electron chi connectivity index (χ0n) is 11.6. The Hall–Kier alpha value is -1.01. The number of hydrazine groups is 1. The number of nitrogens with two attached hydrogens (primary N) is 1. The van der Waals surface area contributed by atoms with Crippen LogP contribution in [0.4, 0.5) is 0 Å². The standard InChI is InChI=1S/C14H24N4O/c1-2-6-18-7-8-19-14(11-18)13(17-15)9-12-4-3-5-16-10-12/h3-5,10,13-14,17H,2,6-9,11,15H2,1H3. The minimum atomic E-state index is 0.129. The van der Waals surface area contributed by atoms with E-state index < -0.39 is 0 Å². The second kappa shape index (κ2) is 7.55. The van der Waals surface area contributed by atoms with Crippen LogP contribution >= 0.6 is 0 Å². The molecule has 106 valence electrons. The SMILES string of the molecule is CCCN1CCOC(C(Cc2cccnc2)NN)C1. The molecule has 0 aliphatic carbocycles. The normalized spacial score (nSPS) is 22.3. The largest absolute Gasteiger partial charge is 0.374 e. The highest BCUT2D eigenvalue weighted by Crippen LogP contribution is 2.13. The zero-order chi connectivity index (χ0) is 13.5. The average Bonchev–Trinajstić information content (AvgIpc) is 2.46. The maximum Gasteiger partial charge on any atom is 0.0871 e. The molecule has 1 aliphatic rings. The van der Waals surface area contributed by atoms with Gasteiger partial charge in [0.15, 0.2) is 0 Å². The zero-order valence-corrected chi connectivity index (χ0v) is 11.6. The van der Waals surface area contributed by atoms with Crippen LogP contribution < -0.4 is 11.3 Å². The molecule has 0 bridgehead atoms. The van der Waals surface area contributed by atoms with Crippen molar-refractivity contribution in [3.05, 3.63) is 30.1 Å². The van der Waals surface area contributed by atoms with Gasteiger partial charge in [0.05, 0.1) is 18.8 Å². The van der Waals surface area contributed by atoms with Crippen LogP contribution in [-0.2, 0) is 11.2 Å². The molecule has 3 N–H and O–H groups in total. The van der Waals surface area contributed by atoms with Gasteiger partial charge in [-0.2, -0.15) is 0 Å². The number of aromatic nitrogens is 1. The molecule has 0 aromatic carbocycles. The minimum Gasteiger partial charge on any atom is -0.374 e. The summed E-state index contributed by atoms with van der Waals surface area (Å²) in [5.41, 5.74) is 4.09. The number of hydrogen-bond donors (Lipinski definition) is 2. The molecular weight excluding hydrogens is 240 g/mol. The van der Waals surface area contributed by atoms with Crippen molar-refractivity contribution >= 4 is 0 Å². The summed E-state index contributed by atoms with van der Waals surface area (Å²) in [6.07, 6.45) is 5.83. The van der Waals surface area contributed by atoms with Crippen molar-refractivity contribution < 1.29 is 4.74 Å². The smallest absolute Gasteiger partial charge is 0.0871 e. The summed E-state index contributed by atoms with van der Waals surface area (Å²) in [4.78, 5) is 6.59. The van der Waals surface area contributed by atoms with E-state index in [1.54, 1.807) is 6.20 Å². The fraction of sp³-hybridized carbons (Fsp3) is 0.643. The summed E-state index contributed by atoms with van der Waals surface area (Å²) in [6.45, 7) is 6.09. The minimum absolute atomic E-state index is 0.129. The van der Waals surface area contributed by atoms with Gasteiger partial charge in [-0.15, -0.1) is 0 Å². The first-order valence-electron chi connectivity index (χ1n) is 7.02. The van der Waals surface area contributed by atoms with Crippen molar-refractivity contribution in [1.82, 2.24) is 15.3 Å². The van der Waals surface area contributed by atoms with E-state index in [0.29, 0.717) is 0 Å². The van der Waals surface area contributed by atoms with E-state index in [1.807, 2.05) is 12.3 Å². The van der Waals surface area contributed by atoms with Gasteiger partial charge in [-0.1, -0.05) is 13.0 Å². The summed E-state index contributed by atoms with van der Waals surface area (Å²) < 4.78 is 5.88. The van der Waals surface area contributed by atoms with Gasteiger partial charge in [0, 0.05) is 25.5 Å². The van der Waals surface area contributed by atoms with Gasteiger partial charge >= 0.3 is 0 Å². The van der Waals surface area contributed by atoms with Crippen LogP contribution in [0.1, 0.15) is 18.9 Å². The second-order valence-electron chi connectivity index (χ2n) is 5.05. The van der Waals surface area contributed by atoms with Crippen molar-refractivity contribution in [3.8, 4) is 0 Å². The number of morpholine rings is 1. The molecule has 19 heavy (non-hydrogen) atoms. The summed E-state index contributed by atoms with van der Waals surface area (Å²) in [7, 11) is 0. The van der Waals surface area contributed by atoms with Crippen LogP contribution in [0.25, 0.3) is 0 Å². The molecule has 2 heterocycles. The second-order valence-corrected chi connectivity index (χ2v) is 5.05. The topological polar surface area (TPSA) is 63.4 Å². The van der Waals surface area contributed by atoms with Gasteiger partial charge < -0.3 is 4.74 Å². The predicted molar refractivity (Wildman–Crippen MR) is 75.5 cm³/mol. The summed E-state index contributed by atoms with van der Waals surface area (Å²) in [5.74, 6) is 5.70. The molecule has 5 nitrogen and oxygen atoms in total. The Morgan fingerprint density at radius 2 is 2.53 bits per heavy atom. The first-order chi connectivity index (χ1) is 9.33. The predicted octanol–water partition coefficient (Wildman–Crippen LogP) is 0.567. The van der Waals surface area contributed by atoms with Gasteiger partial charge in [-0.05, 0) is 31.0 Å². The maximum atomic E-state index is 5.88. The fourth-order valence-corrected chi connectivity index (χ4v) is 2.56. The van der Waals surface area contributed by atoms with E-state index in [9.17, 15) is 0 Å². The van der Waals surface area contributed by atoms with E-state index in [4.69, 9.17) is 10.6 Å². The number of hydrogen-bond acceptors (Lipinski definition) is 5. The van der Waals surface area contributed by atoms with Crippen LogP contribution in [0, 0.1) is 0 Å². The number of rotatable bonds is 6. The van der Waals surface area contributed by atoms with Crippen molar-refractivity contribution in [3.63, 3.8) is 0 Å². The molecule has 0 saturated carbocycles. The number of nitrogens with zero attached hydrogens (tertiary/aromatic N) is 2. The Bertz CT molecular complexity index is 358. The molecule has 1 fully saturated rings. The molecule has 2 rings (SSSR count). The fourth-order valence-electron chi connectivity index (χ4n) is 2.56. The first kappa shape index (κ1) is 14.4. The molecular formula is C14H24N4O. The Balaban J connectivity index is 1.93. The highest BCUT2D eigenvalue weighted by Gasteiger charge is 2.27. The molecule has 0 spiro atoms. The van der Waals surface area contributed by atoms with Crippen LogP contribution in [0.15, 0.2) is 24.5 Å². The van der Waals surface area contributed by atoms with Crippen molar-refractivity contribution in [1.29, 1.82) is 0 Å². The average molecular weight is 264 g/mol. The molecule has 1 saturated heterocycles. The van der Waals surface area contributed by atoms with E-state index in [2.05, 4.69) is 28.3 Å². The Morgan fingerprint density at radius 1 is 1.63 bits per heavy atom. The quantitative estimate of drug-likeness (QED) is 0.581.